The topological polar surface area (TPSA) is 62.5 Å². The van der Waals surface area contributed by atoms with E-state index in [1.54, 1.807) is 0 Å². The van der Waals surface area contributed by atoms with Gasteiger partial charge in [-0.3, -0.25) is 4.79 Å². The molecule has 0 radical (unpaired) electrons. The van der Waals surface area contributed by atoms with Gasteiger partial charge in [-0.1, -0.05) is 50.4 Å². The second-order valence-electron chi connectivity index (χ2n) is 10.6. The number of benzene rings is 1. The van der Waals surface area contributed by atoms with Crippen LogP contribution in [0, 0.1) is 31.6 Å². The SMILES string of the molecule is Cc1cc(N2CCC(C(=O)N[C@@H]3CCC[C@H](C)[C@H]3C)CC2)n2nc(C)c(-c3ccc(Cl)cc3)c2n1. The lowest BCUT2D eigenvalue weighted by molar-refractivity contribution is -0.127. The van der Waals surface area contributed by atoms with E-state index in [2.05, 4.69) is 30.1 Å². The number of carbonyl (C=O) groups is 1. The van der Waals surface area contributed by atoms with Crippen LogP contribution in [0.2, 0.25) is 5.02 Å². The number of fused-ring (bicyclic) bond motifs is 1. The van der Waals surface area contributed by atoms with Gasteiger partial charge in [0, 0.05) is 47.4 Å². The number of rotatable bonds is 4. The number of nitrogens with zero attached hydrogens (tertiary/aromatic N) is 4. The summed E-state index contributed by atoms with van der Waals surface area (Å²) < 4.78 is 1.97. The number of halogens is 1. The molecule has 2 aromatic heterocycles. The normalized spacial score (nSPS) is 23.6. The fourth-order valence-corrected chi connectivity index (χ4v) is 5.99. The van der Waals surface area contributed by atoms with Gasteiger partial charge < -0.3 is 10.2 Å². The summed E-state index contributed by atoms with van der Waals surface area (Å²) in [4.78, 5) is 20.3. The summed E-state index contributed by atoms with van der Waals surface area (Å²) in [6.07, 6.45) is 5.32. The van der Waals surface area contributed by atoms with Crippen LogP contribution < -0.4 is 10.2 Å². The molecule has 1 saturated heterocycles. The number of piperidine rings is 1. The number of anilines is 1. The smallest absolute Gasteiger partial charge is 0.223 e. The van der Waals surface area contributed by atoms with E-state index in [1.165, 1.54) is 12.8 Å². The molecule has 1 aliphatic heterocycles. The Morgan fingerprint density at radius 2 is 1.77 bits per heavy atom. The summed E-state index contributed by atoms with van der Waals surface area (Å²) in [7, 11) is 0. The zero-order chi connectivity index (χ0) is 24.7. The molecule has 1 aromatic carbocycles. The molecule has 6 nitrogen and oxygen atoms in total. The van der Waals surface area contributed by atoms with Gasteiger partial charge in [-0.2, -0.15) is 9.61 Å². The van der Waals surface area contributed by atoms with E-state index in [1.807, 2.05) is 42.6 Å². The van der Waals surface area contributed by atoms with Gasteiger partial charge >= 0.3 is 0 Å². The molecule has 186 valence electrons. The zero-order valence-corrected chi connectivity index (χ0v) is 22.0. The zero-order valence-electron chi connectivity index (χ0n) is 21.2. The standard InChI is InChI=1S/C28H36ClN5O/c1-17-6-5-7-24(19(17)3)31-28(35)22-12-14-33(15-13-22)25-16-18(2)30-27-26(20(4)32-34(25)27)21-8-10-23(29)11-9-21/h8-11,16-17,19,22,24H,5-7,12-15H2,1-4H3,(H,31,35)/t17-,19+,24+/m0/s1. The van der Waals surface area contributed by atoms with Crippen LogP contribution >= 0.6 is 11.6 Å². The van der Waals surface area contributed by atoms with Crippen molar-refractivity contribution in [3.8, 4) is 11.1 Å². The molecular formula is C28H36ClN5O. The van der Waals surface area contributed by atoms with Crippen molar-refractivity contribution in [2.75, 3.05) is 18.0 Å². The first-order chi connectivity index (χ1) is 16.8. The third-order valence-electron chi connectivity index (χ3n) is 8.23. The highest BCUT2D eigenvalue weighted by atomic mass is 35.5. The average Bonchev–Trinajstić information content (AvgIpc) is 3.17. The molecule has 3 aromatic rings. The highest BCUT2D eigenvalue weighted by Gasteiger charge is 2.32. The maximum atomic E-state index is 13.1. The van der Waals surface area contributed by atoms with Crippen LogP contribution in [0.15, 0.2) is 30.3 Å². The second kappa shape index (κ2) is 9.81. The summed E-state index contributed by atoms with van der Waals surface area (Å²) in [5.41, 5.74) is 4.86. The van der Waals surface area contributed by atoms with Crippen molar-refractivity contribution in [3.05, 3.63) is 46.7 Å². The molecule has 5 rings (SSSR count). The fourth-order valence-electron chi connectivity index (χ4n) is 5.86. The largest absolute Gasteiger partial charge is 0.356 e. The van der Waals surface area contributed by atoms with Gasteiger partial charge in [0.15, 0.2) is 5.65 Å². The Labute approximate surface area is 213 Å². The Morgan fingerprint density at radius 3 is 2.49 bits per heavy atom. The summed E-state index contributed by atoms with van der Waals surface area (Å²) in [6, 6.07) is 10.3. The van der Waals surface area contributed by atoms with Crippen LogP contribution in [-0.4, -0.2) is 39.6 Å². The highest BCUT2D eigenvalue weighted by Crippen LogP contribution is 2.33. The Balaban J connectivity index is 1.33. The van der Waals surface area contributed by atoms with Crippen molar-refractivity contribution in [3.63, 3.8) is 0 Å². The van der Waals surface area contributed by atoms with Crippen molar-refractivity contribution in [1.29, 1.82) is 0 Å². The molecule has 7 heteroatoms. The van der Waals surface area contributed by atoms with Crippen molar-refractivity contribution >= 4 is 29.0 Å². The van der Waals surface area contributed by atoms with Gasteiger partial charge in [-0.05, 0) is 62.6 Å². The van der Waals surface area contributed by atoms with E-state index in [4.69, 9.17) is 21.7 Å². The molecule has 1 amide bonds. The van der Waals surface area contributed by atoms with Gasteiger partial charge in [-0.25, -0.2) is 4.98 Å². The van der Waals surface area contributed by atoms with E-state index >= 15 is 0 Å². The van der Waals surface area contributed by atoms with Crippen molar-refractivity contribution < 1.29 is 4.79 Å². The van der Waals surface area contributed by atoms with E-state index in [-0.39, 0.29) is 11.8 Å². The lowest BCUT2D eigenvalue weighted by Crippen LogP contribution is -2.48. The minimum atomic E-state index is 0.0816. The van der Waals surface area contributed by atoms with Crippen LogP contribution in [-0.2, 0) is 4.79 Å². The van der Waals surface area contributed by atoms with Crippen LogP contribution in [0.25, 0.3) is 16.8 Å². The molecule has 3 atom stereocenters. The van der Waals surface area contributed by atoms with Crippen LogP contribution in [0.3, 0.4) is 0 Å². The molecular weight excluding hydrogens is 458 g/mol. The fraction of sp³-hybridized carbons (Fsp3) is 0.536. The van der Waals surface area contributed by atoms with Crippen molar-refractivity contribution in [2.45, 2.75) is 65.8 Å². The number of amides is 1. The minimum Gasteiger partial charge on any atom is -0.356 e. The number of nitrogens with one attached hydrogen (secondary N) is 1. The van der Waals surface area contributed by atoms with Crippen molar-refractivity contribution in [1.82, 2.24) is 19.9 Å². The number of aryl methyl sites for hydroxylation is 2. The third kappa shape index (κ3) is 4.77. The lowest BCUT2D eigenvalue weighted by atomic mass is 9.78. The first kappa shape index (κ1) is 24.1. The van der Waals surface area contributed by atoms with Crippen LogP contribution in [0.1, 0.15) is 57.3 Å². The summed E-state index contributed by atoms with van der Waals surface area (Å²) in [6.45, 7) is 10.3. The maximum Gasteiger partial charge on any atom is 0.223 e. The van der Waals surface area contributed by atoms with Gasteiger partial charge in [-0.15, -0.1) is 0 Å². The molecule has 0 bridgehead atoms. The molecule has 2 fully saturated rings. The maximum absolute atomic E-state index is 13.1. The molecule has 2 aliphatic rings. The number of aromatic nitrogens is 3. The Kier molecular flexibility index (Phi) is 6.75. The van der Waals surface area contributed by atoms with Crippen LogP contribution in [0.4, 0.5) is 5.82 Å². The predicted octanol–water partition coefficient (Wildman–Crippen LogP) is 5.82. The van der Waals surface area contributed by atoms with E-state index in [0.29, 0.717) is 22.9 Å². The first-order valence-corrected chi connectivity index (χ1v) is 13.4. The van der Waals surface area contributed by atoms with Gasteiger partial charge in [0.2, 0.25) is 5.91 Å². The van der Waals surface area contributed by atoms with Gasteiger partial charge in [0.05, 0.1) is 5.69 Å². The van der Waals surface area contributed by atoms with E-state index < -0.39 is 0 Å². The molecule has 1 N–H and O–H groups in total. The average molecular weight is 494 g/mol. The second-order valence-corrected chi connectivity index (χ2v) is 11.0. The first-order valence-electron chi connectivity index (χ1n) is 13.0. The molecule has 1 aliphatic carbocycles. The highest BCUT2D eigenvalue weighted by molar-refractivity contribution is 6.30. The number of carbonyl (C=O) groups excluding carboxylic acids is 1. The van der Waals surface area contributed by atoms with Crippen LogP contribution in [0.5, 0.6) is 0 Å². The summed E-state index contributed by atoms with van der Waals surface area (Å²) in [5.74, 6) is 2.61. The number of hydrogen-bond donors (Lipinski definition) is 1. The summed E-state index contributed by atoms with van der Waals surface area (Å²) in [5, 5.41) is 8.99. The number of hydrogen-bond acceptors (Lipinski definition) is 4. The molecule has 1 saturated carbocycles. The molecule has 3 heterocycles. The molecule has 0 spiro atoms. The quantitative estimate of drug-likeness (QED) is 0.497. The Morgan fingerprint density at radius 1 is 1.06 bits per heavy atom. The van der Waals surface area contributed by atoms with Crippen molar-refractivity contribution in [2.24, 2.45) is 17.8 Å². The lowest BCUT2D eigenvalue weighted by Gasteiger charge is -2.37. The Hall–Kier alpha value is -2.60. The monoisotopic (exact) mass is 493 g/mol. The third-order valence-corrected chi connectivity index (χ3v) is 8.48. The van der Waals surface area contributed by atoms with Gasteiger partial charge in [0.1, 0.15) is 5.82 Å². The van der Waals surface area contributed by atoms with Gasteiger partial charge in [0.25, 0.3) is 0 Å². The minimum absolute atomic E-state index is 0.0816. The summed E-state index contributed by atoms with van der Waals surface area (Å²) >= 11 is 6.11. The van der Waals surface area contributed by atoms with E-state index in [9.17, 15) is 4.79 Å². The Bertz CT molecular complexity index is 1210. The van der Waals surface area contributed by atoms with E-state index in [0.717, 1.165) is 66.3 Å². The predicted molar refractivity (Wildman–Crippen MR) is 142 cm³/mol. The molecule has 35 heavy (non-hydrogen) atoms. The molecule has 0 unspecified atom stereocenters.